The minimum Gasteiger partial charge on any atom is -0.305 e. The van der Waals surface area contributed by atoms with Crippen molar-refractivity contribution >= 4 is 0 Å². The van der Waals surface area contributed by atoms with Crippen LogP contribution in [0.15, 0.2) is 12.2 Å². The summed E-state index contributed by atoms with van der Waals surface area (Å²) in [4.78, 5) is 2.46. The van der Waals surface area contributed by atoms with E-state index in [0.717, 1.165) is 11.8 Å². The quantitative estimate of drug-likeness (QED) is 0.457. The van der Waals surface area contributed by atoms with Crippen LogP contribution in [0.3, 0.4) is 0 Å². The number of likely N-dealkylation sites (tertiary alicyclic amines) is 1. The monoisotopic (exact) mass is 137 g/mol. The number of rotatable bonds is 0. The largest absolute Gasteiger partial charge is 0.305 e. The lowest BCUT2D eigenvalue weighted by atomic mass is 9.83. The summed E-state index contributed by atoms with van der Waals surface area (Å²) in [5, 5.41) is 0. The molecule has 2 aliphatic rings. The van der Waals surface area contributed by atoms with Gasteiger partial charge < -0.3 is 4.90 Å². The molecule has 1 aliphatic carbocycles. The van der Waals surface area contributed by atoms with Gasteiger partial charge in [-0.3, -0.25) is 0 Å². The summed E-state index contributed by atoms with van der Waals surface area (Å²) in [6, 6.07) is 0. The zero-order chi connectivity index (χ0) is 6.97. The molecule has 0 aromatic carbocycles. The topological polar surface area (TPSA) is 3.24 Å². The maximum atomic E-state index is 2.46. The van der Waals surface area contributed by atoms with Crippen molar-refractivity contribution in [3.8, 4) is 0 Å². The van der Waals surface area contributed by atoms with Gasteiger partial charge >= 0.3 is 0 Å². The smallest absolute Gasteiger partial charge is 0.00415 e. The van der Waals surface area contributed by atoms with E-state index in [-0.39, 0.29) is 0 Å². The molecule has 0 N–H and O–H groups in total. The van der Waals surface area contributed by atoms with Gasteiger partial charge in [0.25, 0.3) is 0 Å². The molecule has 2 rings (SSSR count). The number of allylic oxidation sites excluding steroid dienone is 1. The molecule has 1 fully saturated rings. The van der Waals surface area contributed by atoms with E-state index in [1.54, 1.807) is 0 Å². The summed E-state index contributed by atoms with van der Waals surface area (Å²) in [6.07, 6.45) is 7.53. The fourth-order valence-corrected chi connectivity index (χ4v) is 2.27. The van der Waals surface area contributed by atoms with E-state index in [2.05, 4.69) is 24.1 Å². The average molecular weight is 137 g/mol. The fraction of sp³-hybridized carbons (Fsp3) is 0.778. The van der Waals surface area contributed by atoms with Crippen LogP contribution >= 0.6 is 0 Å². The molecule has 1 aliphatic heterocycles. The first-order chi connectivity index (χ1) is 4.84. The Kier molecular flexibility index (Phi) is 1.53. The van der Waals surface area contributed by atoms with Crippen molar-refractivity contribution in [2.45, 2.75) is 12.8 Å². The van der Waals surface area contributed by atoms with Crippen LogP contribution in [0.2, 0.25) is 0 Å². The molecule has 2 unspecified atom stereocenters. The van der Waals surface area contributed by atoms with Crippen LogP contribution in [-0.2, 0) is 0 Å². The van der Waals surface area contributed by atoms with Crippen molar-refractivity contribution < 1.29 is 0 Å². The maximum Gasteiger partial charge on any atom is 0.00415 e. The van der Waals surface area contributed by atoms with E-state index in [4.69, 9.17) is 0 Å². The van der Waals surface area contributed by atoms with Crippen LogP contribution in [0.4, 0.5) is 0 Å². The molecule has 1 heterocycles. The van der Waals surface area contributed by atoms with E-state index in [9.17, 15) is 0 Å². The molecule has 0 aromatic rings. The first-order valence-electron chi connectivity index (χ1n) is 4.20. The second-order valence-corrected chi connectivity index (χ2v) is 3.75. The predicted molar refractivity (Wildman–Crippen MR) is 42.9 cm³/mol. The Labute approximate surface area is 62.7 Å². The Bertz CT molecular complexity index is 151. The highest BCUT2D eigenvalue weighted by molar-refractivity contribution is 5.00. The lowest BCUT2D eigenvalue weighted by Gasteiger charge is -2.36. The normalized spacial score (nSPS) is 40.1. The third-order valence-electron chi connectivity index (χ3n) is 2.63. The molecular formula is C9H15N. The molecule has 0 amide bonds. The van der Waals surface area contributed by atoms with Gasteiger partial charge in [-0.15, -0.1) is 0 Å². The third kappa shape index (κ3) is 1.10. The zero-order valence-corrected chi connectivity index (χ0v) is 6.59. The van der Waals surface area contributed by atoms with Gasteiger partial charge in [-0.05, 0) is 31.7 Å². The highest BCUT2D eigenvalue weighted by Gasteiger charge is 2.25. The van der Waals surface area contributed by atoms with Crippen LogP contribution in [0, 0.1) is 11.8 Å². The van der Waals surface area contributed by atoms with Gasteiger partial charge in [0.05, 0.1) is 0 Å². The van der Waals surface area contributed by atoms with Crippen molar-refractivity contribution in [2.75, 3.05) is 20.1 Å². The Morgan fingerprint density at radius 1 is 1.40 bits per heavy atom. The van der Waals surface area contributed by atoms with Crippen LogP contribution in [0.1, 0.15) is 12.8 Å². The minimum absolute atomic E-state index is 0.873. The molecule has 0 saturated carbocycles. The first kappa shape index (κ1) is 6.41. The summed E-state index contributed by atoms with van der Waals surface area (Å²) in [5.41, 5.74) is 0. The van der Waals surface area contributed by atoms with Crippen LogP contribution < -0.4 is 0 Å². The third-order valence-corrected chi connectivity index (χ3v) is 2.63. The maximum absolute atomic E-state index is 2.46. The molecular weight excluding hydrogens is 122 g/mol. The number of nitrogens with zero attached hydrogens (tertiary/aromatic N) is 1. The lowest BCUT2D eigenvalue weighted by Crippen LogP contribution is -2.38. The number of hydrogen-bond donors (Lipinski definition) is 0. The van der Waals surface area contributed by atoms with E-state index in [1.165, 1.54) is 25.9 Å². The van der Waals surface area contributed by atoms with Gasteiger partial charge in [0.1, 0.15) is 0 Å². The number of fused-ring (bicyclic) bond motifs is 2. The second kappa shape index (κ2) is 2.39. The predicted octanol–water partition coefficient (Wildman–Crippen LogP) is 1.51. The van der Waals surface area contributed by atoms with Crippen LogP contribution in [-0.4, -0.2) is 25.0 Å². The second-order valence-electron chi connectivity index (χ2n) is 3.75. The van der Waals surface area contributed by atoms with Gasteiger partial charge in [0.2, 0.25) is 0 Å². The summed E-state index contributed by atoms with van der Waals surface area (Å²) >= 11 is 0. The summed E-state index contributed by atoms with van der Waals surface area (Å²) in [6.45, 7) is 2.61. The highest BCUT2D eigenvalue weighted by Crippen LogP contribution is 2.28. The summed E-state index contributed by atoms with van der Waals surface area (Å²) in [7, 11) is 2.23. The molecule has 1 heteroatoms. The van der Waals surface area contributed by atoms with E-state index in [0.29, 0.717) is 0 Å². The molecule has 0 radical (unpaired) electrons. The Morgan fingerprint density at radius 3 is 3.10 bits per heavy atom. The summed E-state index contributed by atoms with van der Waals surface area (Å²) in [5.74, 6) is 1.84. The van der Waals surface area contributed by atoms with Crippen LogP contribution in [0.5, 0.6) is 0 Å². The van der Waals surface area contributed by atoms with Crippen molar-refractivity contribution in [1.82, 2.24) is 4.90 Å². The highest BCUT2D eigenvalue weighted by atomic mass is 15.1. The summed E-state index contributed by atoms with van der Waals surface area (Å²) < 4.78 is 0. The van der Waals surface area contributed by atoms with E-state index >= 15 is 0 Å². The van der Waals surface area contributed by atoms with Crippen molar-refractivity contribution in [1.29, 1.82) is 0 Å². The minimum atomic E-state index is 0.873. The average Bonchev–Trinajstić information content (AvgIpc) is 1.85. The number of hydrogen-bond acceptors (Lipinski definition) is 1. The molecule has 56 valence electrons. The van der Waals surface area contributed by atoms with Gasteiger partial charge in [-0.2, -0.15) is 0 Å². The standard InChI is InChI=1S/C9H15N/c1-10-6-8-3-2-4-9(5-8)7-10/h2-3,8-9H,4-7H2,1H3. The molecule has 10 heavy (non-hydrogen) atoms. The van der Waals surface area contributed by atoms with Crippen molar-refractivity contribution in [2.24, 2.45) is 11.8 Å². The van der Waals surface area contributed by atoms with Crippen molar-refractivity contribution in [3.05, 3.63) is 12.2 Å². The van der Waals surface area contributed by atoms with E-state index < -0.39 is 0 Å². The number of piperidine rings is 1. The van der Waals surface area contributed by atoms with Gasteiger partial charge in [-0.1, -0.05) is 12.2 Å². The van der Waals surface area contributed by atoms with Crippen LogP contribution in [0.25, 0.3) is 0 Å². The zero-order valence-electron chi connectivity index (χ0n) is 6.59. The Balaban J connectivity index is 2.09. The Hall–Kier alpha value is -0.300. The molecule has 2 bridgehead atoms. The molecule has 2 atom stereocenters. The Morgan fingerprint density at radius 2 is 2.30 bits per heavy atom. The molecule has 0 spiro atoms. The SMILES string of the molecule is CN1CC2C=CCC(C2)C1. The molecule has 1 saturated heterocycles. The molecule has 0 aromatic heterocycles. The van der Waals surface area contributed by atoms with Gasteiger partial charge in [0.15, 0.2) is 0 Å². The van der Waals surface area contributed by atoms with Gasteiger partial charge in [0, 0.05) is 13.1 Å². The van der Waals surface area contributed by atoms with Gasteiger partial charge in [-0.25, -0.2) is 0 Å². The van der Waals surface area contributed by atoms with E-state index in [1.807, 2.05) is 0 Å². The lowest BCUT2D eigenvalue weighted by molar-refractivity contribution is 0.167. The molecule has 1 nitrogen and oxygen atoms in total. The van der Waals surface area contributed by atoms with Crippen molar-refractivity contribution in [3.63, 3.8) is 0 Å². The fourth-order valence-electron chi connectivity index (χ4n) is 2.27. The first-order valence-corrected chi connectivity index (χ1v) is 4.20.